The molecule has 6 nitrogen and oxygen atoms in total. The molecule has 92 valence electrons. The highest BCUT2D eigenvalue weighted by Gasteiger charge is 2.18. The molecule has 0 radical (unpaired) electrons. The minimum absolute atomic E-state index is 0.0133. The van der Waals surface area contributed by atoms with Crippen LogP contribution in [0.1, 0.15) is 0 Å². The summed E-state index contributed by atoms with van der Waals surface area (Å²) in [6.45, 7) is 1.72. The van der Waals surface area contributed by atoms with Gasteiger partial charge >= 0.3 is 0 Å². The average Bonchev–Trinajstić information content (AvgIpc) is 2.93. The zero-order valence-corrected chi connectivity index (χ0v) is 9.67. The molecule has 1 aliphatic rings. The maximum absolute atomic E-state index is 11.3. The maximum Gasteiger partial charge on any atom is 0.239 e. The Bertz CT molecular complexity index is 553. The van der Waals surface area contributed by atoms with Gasteiger partial charge in [-0.3, -0.25) is 4.79 Å². The first-order valence-electron chi connectivity index (χ1n) is 5.70. The van der Waals surface area contributed by atoms with Crippen LogP contribution in [0.5, 0.6) is 0 Å². The first kappa shape index (κ1) is 10.8. The van der Waals surface area contributed by atoms with Crippen LogP contribution in [-0.4, -0.2) is 35.5 Å². The molecular weight excluding hydrogens is 232 g/mol. The number of nitrogens with zero attached hydrogens (tertiary/aromatic N) is 3. The summed E-state index contributed by atoms with van der Waals surface area (Å²) in [6.07, 6.45) is 3.09. The van der Waals surface area contributed by atoms with E-state index in [2.05, 4.69) is 15.3 Å². The second-order valence-corrected chi connectivity index (χ2v) is 4.01. The Labute approximate surface area is 104 Å². The highest BCUT2D eigenvalue weighted by molar-refractivity contribution is 5.82. The number of carbonyl (C=O) groups is 1. The molecule has 0 aliphatic carbocycles. The number of nitrogens with one attached hydrogen (secondary N) is 1. The number of piperazine rings is 1. The molecule has 3 rings (SSSR count). The third kappa shape index (κ3) is 2.04. The molecule has 18 heavy (non-hydrogen) atoms. The quantitative estimate of drug-likeness (QED) is 0.840. The first-order valence-corrected chi connectivity index (χ1v) is 5.70. The van der Waals surface area contributed by atoms with Crippen molar-refractivity contribution in [1.29, 1.82) is 0 Å². The second kappa shape index (κ2) is 4.48. The molecule has 0 atom stereocenters. The summed E-state index contributed by atoms with van der Waals surface area (Å²) in [5, 5.41) is 2.78. The van der Waals surface area contributed by atoms with Gasteiger partial charge < -0.3 is 14.6 Å². The van der Waals surface area contributed by atoms with E-state index in [1.165, 1.54) is 6.33 Å². The lowest BCUT2D eigenvalue weighted by atomic mass is 10.3. The number of hydrogen-bond acceptors (Lipinski definition) is 5. The number of aromatic nitrogens is 2. The van der Waals surface area contributed by atoms with Crippen LogP contribution < -0.4 is 10.2 Å². The minimum Gasteiger partial charge on any atom is -0.463 e. The number of amides is 1. The van der Waals surface area contributed by atoms with Crippen LogP contribution in [0.2, 0.25) is 0 Å². The highest BCUT2D eigenvalue weighted by Crippen LogP contribution is 2.21. The summed E-state index contributed by atoms with van der Waals surface area (Å²) in [5.74, 6) is 1.45. The van der Waals surface area contributed by atoms with Crippen molar-refractivity contribution in [2.45, 2.75) is 0 Å². The van der Waals surface area contributed by atoms with Crippen LogP contribution in [0.15, 0.2) is 35.2 Å². The summed E-state index contributed by atoms with van der Waals surface area (Å²) >= 11 is 0. The SMILES string of the molecule is O=C1CN(c2cc(-c3ccco3)ncn2)CCN1. The highest BCUT2D eigenvalue weighted by atomic mass is 16.3. The van der Waals surface area contributed by atoms with Gasteiger partial charge in [0, 0.05) is 19.2 Å². The van der Waals surface area contributed by atoms with Crippen molar-refractivity contribution in [2.24, 2.45) is 0 Å². The molecular formula is C12H12N4O2. The summed E-state index contributed by atoms with van der Waals surface area (Å²) in [7, 11) is 0. The van der Waals surface area contributed by atoms with Gasteiger partial charge in [0.25, 0.3) is 0 Å². The lowest BCUT2D eigenvalue weighted by Gasteiger charge is -2.27. The molecule has 0 aromatic carbocycles. The fourth-order valence-corrected chi connectivity index (χ4v) is 1.91. The lowest BCUT2D eigenvalue weighted by Crippen LogP contribution is -2.48. The van der Waals surface area contributed by atoms with Crippen molar-refractivity contribution >= 4 is 11.7 Å². The Morgan fingerprint density at radius 1 is 1.39 bits per heavy atom. The summed E-state index contributed by atoms with van der Waals surface area (Å²) in [4.78, 5) is 21.6. The molecule has 1 aliphatic heterocycles. The molecule has 1 amide bonds. The number of rotatable bonds is 2. The first-order chi connectivity index (χ1) is 8.83. The van der Waals surface area contributed by atoms with Crippen molar-refractivity contribution in [1.82, 2.24) is 15.3 Å². The van der Waals surface area contributed by atoms with Crippen molar-refractivity contribution in [3.05, 3.63) is 30.8 Å². The van der Waals surface area contributed by atoms with Gasteiger partial charge in [-0.1, -0.05) is 0 Å². The Morgan fingerprint density at radius 3 is 3.11 bits per heavy atom. The standard InChI is InChI=1S/C12H12N4O2/c17-12-7-16(4-3-13-12)11-6-9(14-8-15-11)10-2-1-5-18-10/h1-2,5-6,8H,3-4,7H2,(H,13,17). The van der Waals surface area contributed by atoms with Crippen molar-refractivity contribution in [3.8, 4) is 11.5 Å². The summed E-state index contributed by atoms with van der Waals surface area (Å²) in [5.41, 5.74) is 0.719. The van der Waals surface area contributed by atoms with E-state index < -0.39 is 0 Å². The van der Waals surface area contributed by atoms with Crippen LogP contribution in [0.4, 0.5) is 5.82 Å². The van der Waals surface area contributed by atoms with E-state index in [-0.39, 0.29) is 5.91 Å². The second-order valence-electron chi connectivity index (χ2n) is 4.01. The van der Waals surface area contributed by atoms with Crippen LogP contribution in [-0.2, 0) is 4.79 Å². The van der Waals surface area contributed by atoms with E-state index in [0.717, 1.165) is 18.1 Å². The van der Waals surface area contributed by atoms with Gasteiger partial charge in [0.1, 0.15) is 17.8 Å². The number of anilines is 1. The zero-order valence-electron chi connectivity index (χ0n) is 9.67. The van der Waals surface area contributed by atoms with Crippen LogP contribution in [0, 0.1) is 0 Å². The molecule has 3 heterocycles. The third-order valence-corrected chi connectivity index (χ3v) is 2.79. The topological polar surface area (TPSA) is 71.3 Å². The van der Waals surface area contributed by atoms with Crippen molar-refractivity contribution in [3.63, 3.8) is 0 Å². The average molecular weight is 244 g/mol. The fourth-order valence-electron chi connectivity index (χ4n) is 1.91. The van der Waals surface area contributed by atoms with Gasteiger partial charge in [-0.25, -0.2) is 9.97 Å². The molecule has 0 spiro atoms. The molecule has 6 heteroatoms. The smallest absolute Gasteiger partial charge is 0.239 e. The van der Waals surface area contributed by atoms with Crippen molar-refractivity contribution in [2.75, 3.05) is 24.5 Å². The maximum atomic E-state index is 11.3. The van der Waals surface area contributed by atoms with Crippen LogP contribution in [0.25, 0.3) is 11.5 Å². The third-order valence-electron chi connectivity index (χ3n) is 2.79. The predicted molar refractivity (Wildman–Crippen MR) is 65.0 cm³/mol. The Balaban J connectivity index is 1.89. The molecule has 0 bridgehead atoms. The molecule has 1 fully saturated rings. The van der Waals surface area contributed by atoms with E-state index >= 15 is 0 Å². The minimum atomic E-state index is 0.0133. The molecule has 1 N–H and O–H groups in total. The molecule has 2 aromatic rings. The molecule has 1 saturated heterocycles. The van der Waals surface area contributed by atoms with Gasteiger partial charge in [0.05, 0.1) is 12.8 Å². The Hall–Kier alpha value is -2.37. The van der Waals surface area contributed by atoms with E-state index in [1.54, 1.807) is 6.26 Å². The fraction of sp³-hybridized carbons (Fsp3) is 0.250. The van der Waals surface area contributed by atoms with Gasteiger partial charge in [-0.15, -0.1) is 0 Å². The van der Waals surface area contributed by atoms with Gasteiger partial charge in [-0.2, -0.15) is 0 Å². The van der Waals surface area contributed by atoms with Crippen molar-refractivity contribution < 1.29 is 9.21 Å². The lowest BCUT2D eigenvalue weighted by molar-refractivity contribution is -0.120. The molecule has 0 saturated carbocycles. The predicted octanol–water partition coefficient (Wildman–Crippen LogP) is 0.673. The van der Waals surface area contributed by atoms with Gasteiger partial charge in [0.2, 0.25) is 5.91 Å². The number of furan rings is 1. The van der Waals surface area contributed by atoms with Crippen LogP contribution in [0.3, 0.4) is 0 Å². The van der Waals surface area contributed by atoms with Crippen LogP contribution >= 0.6 is 0 Å². The zero-order chi connectivity index (χ0) is 12.4. The monoisotopic (exact) mass is 244 g/mol. The molecule has 0 unspecified atom stereocenters. The van der Waals surface area contributed by atoms with E-state index in [1.807, 2.05) is 23.1 Å². The Morgan fingerprint density at radius 2 is 2.33 bits per heavy atom. The summed E-state index contributed by atoms with van der Waals surface area (Å²) in [6, 6.07) is 5.48. The van der Waals surface area contributed by atoms with E-state index in [9.17, 15) is 4.79 Å². The largest absolute Gasteiger partial charge is 0.463 e. The van der Waals surface area contributed by atoms with E-state index in [0.29, 0.717) is 18.8 Å². The summed E-state index contributed by atoms with van der Waals surface area (Å²) < 4.78 is 5.29. The number of carbonyl (C=O) groups excluding carboxylic acids is 1. The number of hydrogen-bond donors (Lipinski definition) is 1. The molecule has 2 aromatic heterocycles. The van der Waals surface area contributed by atoms with E-state index in [4.69, 9.17) is 4.42 Å². The van der Waals surface area contributed by atoms with Gasteiger partial charge in [0.15, 0.2) is 5.76 Å². The Kier molecular flexibility index (Phi) is 2.68. The van der Waals surface area contributed by atoms with Gasteiger partial charge in [-0.05, 0) is 12.1 Å². The normalized spacial score (nSPS) is 15.6.